The van der Waals surface area contributed by atoms with Gasteiger partial charge in [-0.2, -0.15) is 27.1 Å². The molecule has 10 nitrogen and oxygen atoms in total. The third-order valence-corrected chi connectivity index (χ3v) is 7.30. The monoisotopic (exact) mass is 631 g/mol. The van der Waals surface area contributed by atoms with Gasteiger partial charge in [-0.3, -0.25) is 9.91 Å². The molecule has 2 aromatic rings. The smallest absolute Gasteiger partial charge is 0.426 e. The van der Waals surface area contributed by atoms with Crippen LogP contribution in [0.4, 0.5) is 38.1 Å². The van der Waals surface area contributed by atoms with Gasteiger partial charge in [0.1, 0.15) is 24.1 Å². The van der Waals surface area contributed by atoms with E-state index < -0.39 is 54.8 Å². The van der Waals surface area contributed by atoms with Gasteiger partial charge < -0.3 is 28.4 Å². The minimum Gasteiger partial charge on any atom is -0.426 e. The molecule has 0 saturated carbocycles. The predicted octanol–water partition coefficient (Wildman–Crippen LogP) is 5.56. The van der Waals surface area contributed by atoms with Crippen molar-refractivity contribution in [3.05, 3.63) is 54.1 Å². The second-order valence-corrected chi connectivity index (χ2v) is 10.1. The molecule has 2 aliphatic heterocycles. The molecular weight excluding hydrogens is 597 g/mol. The molecule has 15 heteroatoms. The minimum absolute atomic E-state index is 0.157. The number of carbonyl (C=O) groups is 1. The van der Waals surface area contributed by atoms with Crippen molar-refractivity contribution in [3.8, 4) is 5.75 Å². The maximum absolute atomic E-state index is 13.2. The lowest BCUT2D eigenvalue weighted by Crippen LogP contribution is -2.60. The lowest BCUT2D eigenvalue weighted by molar-refractivity contribution is -0.360. The predicted molar refractivity (Wildman–Crippen MR) is 149 cm³/mol. The number of rotatable bonds is 10. The van der Waals surface area contributed by atoms with E-state index >= 15 is 0 Å². The number of methoxy groups -OCH3 is 2. The van der Waals surface area contributed by atoms with Crippen LogP contribution in [0.15, 0.2) is 53.6 Å². The van der Waals surface area contributed by atoms with E-state index in [9.17, 15) is 26.7 Å². The Labute approximate surface area is 251 Å². The maximum Gasteiger partial charge on any atom is 0.499 e. The van der Waals surface area contributed by atoms with Gasteiger partial charge in [0.2, 0.25) is 6.29 Å². The number of amides is 1. The average molecular weight is 632 g/mol. The third-order valence-electron chi connectivity index (χ3n) is 7.30. The lowest BCUT2D eigenvalue weighted by atomic mass is 9.99. The zero-order valence-corrected chi connectivity index (χ0v) is 24.7. The Morgan fingerprint density at radius 1 is 1.00 bits per heavy atom. The fraction of sp³-hybridized carbons (Fsp3) is 0.517. The largest absolute Gasteiger partial charge is 0.499 e. The van der Waals surface area contributed by atoms with Crippen LogP contribution in [-0.4, -0.2) is 89.7 Å². The van der Waals surface area contributed by atoms with Crippen LogP contribution in [-0.2, 0) is 23.7 Å². The summed E-state index contributed by atoms with van der Waals surface area (Å²) in [5, 5.41) is 5.90. The molecule has 0 N–H and O–H groups in total. The van der Waals surface area contributed by atoms with Crippen molar-refractivity contribution in [1.29, 1.82) is 0 Å². The standard InChI is InChI=1S/C29H34F5N3O7/c1-6-41-24-23(39-4)17(2)42-26(25(24)40-5)43-27(38)36(3)20-9-7-18(8-10-20)19-15-35-37(16-19)21-11-13-22(14-12-21)44-29(33,34)28(30,31)32/h7-15,17,19,23-26H,6,16H2,1-5H3. The van der Waals surface area contributed by atoms with Crippen molar-refractivity contribution in [2.45, 2.75) is 62.8 Å². The van der Waals surface area contributed by atoms with Crippen molar-refractivity contribution < 1.29 is 55.2 Å². The molecule has 6 unspecified atom stereocenters. The van der Waals surface area contributed by atoms with E-state index in [-0.39, 0.29) is 5.92 Å². The van der Waals surface area contributed by atoms with E-state index in [2.05, 4.69) is 9.84 Å². The van der Waals surface area contributed by atoms with Crippen LogP contribution >= 0.6 is 0 Å². The third kappa shape index (κ3) is 7.22. The highest BCUT2D eigenvalue weighted by molar-refractivity contribution is 5.87. The van der Waals surface area contributed by atoms with E-state index in [1.54, 1.807) is 44.4 Å². The molecule has 44 heavy (non-hydrogen) atoms. The molecule has 2 heterocycles. The summed E-state index contributed by atoms with van der Waals surface area (Å²) in [4.78, 5) is 14.4. The molecule has 2 aromatic carbocycles. The summed E-state index contributed by atoms with van der Waals surface area (Å²) in [6.45, 7) is 4.43. The first-order valence-corrected chi connectivity index (χ1v) is 13.7. The number of alkyl halides is 5. The first-order valence-electron chi connectivity index (χ1n) is 13.7. The molecule has 0 radical (unpaired) electrons. The fourth-order valence-electron chi connectivity index (χ4n) is 4.95. The minimum atomic E-state index is -5.83. The number of ether oxygens (including phenoxy) is 6. The number of nitrogens with zero attached hydrogens (tertiary/aromatic N) is 3. The van der Waals surface area contributed by atoms with Gasteiger partial charge in [-0.05, 0) is 55.8 Å². The number of hydrogen-bond donors (Lipinski definition) is 0. The van der Waals surface area contributed by atoms with Gasteiger partial charge in [-0.25, -0.2) is 4.79 Å². The van der Waals surface area contributed by atoms with Crippen LogP contribution in [0.5, 0.6) is 5.75 Å². The summed E-state index contributed by atoms with van der Waals surface area (Å²) in [5.41, 5.74) is 1.90. The SMILES string of the molecule is CCOC1C(OC)C(C)OC(OC(=O)N(C)c2ccc(C3C=NN(c4ccc(OC(F)(F)C(F)(F)F)cc4)C3)cc2)C1OC. The van der Waals surface area contributed by atoms with E-state index in [0.717, 1.165) is 17.7 Å². The van der Waals surface area contributed by atoms with Gasteiger partial charge in [-0.1, -0.05) is 12.1 Å². The zero-order valence-electron chi connectivity index (χ0n) is 24.7. The molecule has 0 bridgehead atoms. The van der Waals surface area contributed by atoms with Crippen molar-refractivity contribution in [1.82, 2.24) is 0 Å². The summed E-state index contributed by atoms with van der Waals surface area (Å²) >= 11 is 0. The highest BCUT2D eigenvalue weighted by Gasteiger charge is 2.61. The van der Waals surface area contributed by atoms with Crippen LogP contribution in [0.3, 0.4) is 0 Å². The molecular formula is C29H34F5N3O7. The molecule has 242 valence electrons. The number of benzene rings is 2. The number of hydrogen-bond acceptors (Lipinski definition) is 9. The molecule has 1 fully saturated rings. The number of anilines is 2. The van der Waals surface area contributed by atoms with E-state index in [4.69, 9.17) is 23.7 Å². The van der Waals surface area contributed by atoms with Crippen LogP contribution in [0.1, 0.15) is 25.3 Å². The highest BCUT2D eigenvalue weighted by Crippen LogP contribution is 2.38. The summed E-state index contributed by atoms with van der Waals surface area (Å²) in [6, 6.07) is 11.8. The normalized spacial score (nSPS) is 25.6. The number of hydrazone groups is 1. The Bertz CT molecular complexity index is 1280. The van der Waals surface area contributed by atoms with Gasteiger partial charge in [0, 0.05) is 45.7 Å². The molecule has 0 spiro atoms. The van der Waals surface area contributed by atoms with Crippen molar-refractivity contribution in [2.75, 3.05) is 44.3 Å². The van der Waals surface area contributed by atoms with Crippen LogP contribution in [0, 0.1) is 0 Å². The second-order valence-electron chi connectivity index (χ2n) is 10.1. The summed E-state index contributed by atoms with van der Waals surface area (Å²) in [5.74, 6) is -0.791. The van der Waals surface area contributed by atoms with Gasteiger partial charge in [-0.15, -0.1) is 0 Å². The highest BCUT2D eigenvalue weighted by atomic mass is 19.4. The van der Waals surface area contributed by atoms with E-state index in [1.807, 2.05) is 19.1 Å². The van der Waals surface area contributed by atoms with Crippen molar-refractivity contribution in [2.24, 2.45) is 5.10 Å². The fourth-order valence-corrected chi connectivity index (χ4v) is 4.95. The molecule has 0 aromatic heterocycles. The van der Waals surface area contributed by atoms with Crippen LogP contribution in [0.25, 0.3) is 0 Å². The summed E-state index contributed by atoms with van der Waals surface area (Å²) < 4.78 is 95.9. The quantitative estimate of drug-likeness (QED) is 0.315. The second kappa shape index (κ2) is 13.6. The van der Waals surface area contributed by atoms with Gasteiger partial charge in [0.25, 0.3) is 0 Å². The Balaban J connectivity index is 1.35. The van der Waals surface area contributed by atoms with Crippen LogP contribution < -0.4 is 14.6 Å². The Morgan fingerprint density at radius 3 is 2.20 bits per heavy atom. The zero-order chi connectivity index (χ0) is 32.2. The Kier molecular flexibility index (Phi) is 10.3. The van der Waals surface area contributed by atoms with E-state index in [1.165, 1.54) is 24.1 Å². The Morgan fingerprint density at radius 2 is 1.64 bits per heavy atom. The molecule has 4 rings (SSSR count). The molecule has 1 amide bonds. The first-order chi connectivity index (χ1) is 20.8. The van der Waals surface area contributed by atoms with Crippen molar-refractivity contribution >= 4 is 23.7 Å². The topological polar surface area (TPSA) is 91.3 Å². The number of carbonyl (C=O) groups excluding carboxylic acids is 1. The molecule has 6 atom stereocenters. The molecule has 1 saturated heterocycles. The van der Waals surface area contributed by atoms with Gasteiger partial charge in [0.05, 0.1) is 18.3 Å². The van der Waals surface area contributed by atoms with Crippen LogP contribution in [0.2, 0.25) is 0 Å². The lowest BCUT2D eigenvalue weighted by Gasteiger charge is -2.43. The molecule has 2 aliphatic rings. The summed E-state index contributed by atoms with van der Waals surface area (Å²) in [6.07, 6.45) is -13.2. The van der Waals surface area contributed by atoms with Gasteiger partial charge >= 0.3 is 18.4 Å². The number of halogens is 5. The Hall–Kier alpha value is -3.53. The first kappa shape index (κ1) is 33.4. The van der Waals surface area contributed by atoms with E-state index in [0.29, 0.717) is 24.5 Å². The van der Waals surface area contributed by atoms with Gasteiger partial charge in [0.15, 0.2) is 0 Å². The maximum atomic E-state index is 13.2. The summed E-state index contributed by atoms with van der Waals surface area (Å²) in [7, 11) is 4.58. The molecule has 0 aliphatic carbocycles. The van der Waals surface area contributed by atoms with Crippen molar-refractivity contribution in [3.63, 3.8) is 0 Å². The average Bonchev–Trinajstić information content (AvgIpc) is 3.47.